The van der Waals surface area contributed by atoms with Gasteiger partial charge in [0.1, 0.15) is 11.6 Å². The normalized spacial score (nSPS) is 19.8. The van der Waals surface area contributed by atoms with E-state index < -0.39 is 0 Å². The molecule has 3 heterocycles. The highest BCUT2D eigenvalue weighted by atomic mass is 19.1. The number of para-hydroxylation sites is 1. The van der Waals surface area contributed by atoms with Gasteiger partial charge < -0.3 is 24.3 Å². The Kier molecular flexibility index (Phi) is 8.45. The lowest BCUT2D eigenvalue weighted by atomic mass is 10.1. The number of carbonyl (C=O) groups is 1. The van der Waals surface area contributed by atoms with Crippen molar-refractivity contribution >= 4 is 17.4 Å². The number of anilines is 2. The Hall–Kier alpha value is -3.71. The van der Waals surface area contributed by atoms with Crippen LogP contribution in [0.1, 0.15) is 42.5 Å². The lowest BCUT2D eigenvalue weighted by Gasteiger charge is -2.41. The quantitative estimate of drug-likeness (QED) is 0.428. The van der Waals surface area contributed by atoms with Crippen molar-refractivity contribution in [2.45, 2.75) is 51.6 Å². The standard InChI is InChI=1S/C31H40FN7O2/c1-5-27(40)39-17-16-38(18-23(39)11-14-33)29-24-9-7-15-37(28-22(2)8-6-10-25(28)32)19-26(24)34-30(35-29)41-21-31(12-13-31)20-36(3)4/h5-6,8,10,23H,1,7,9,11-13,15-21H2,2-4H3/t23-/m0/s1. The molecular weight excluding hydrogens is 521 g/mol. The smallest absolute Gasteiger partial charge is 0.318 e. The summed E-state index contributed by atoms with van der Waals surface area (Å²) in [5.74, 6) is 0.395. The highest BCUT2D eigenvalue weighted by Crippen LogP contribution is 2.46. The lowest BCUT2D eigenvalue weighted by Crippen LogP contribution is -2.55. The molecule has 0 radical (unpaired) electrons. The number of halogens is 1. The van der Waals surface area contributed by atoms with Gasteiger partial charge >= 0.3 is 6.01 Å². The number of carbonyl (C=O) groups excluding carboxylic acids is 1. The molecule has 5 rings (SSSR count). The van der Waals surface area contributed by atoms with Gasteiger partial charge in [0.2, 0.25) is 5.91 Å². The molecule has 1 saturated heterocycles. The van der Waals surface area contributed by atoms with Crippen molar-refractivity contribution in [3.63, 3.8) is 0 Å². The van der Waals surface area contributed by atoms with Crippen molar-refractivity contribution in [1.82, 2.24) is 19.8 Å². The summed E-state index contributed by atoms with van der Waals surface area (Å²) in [6.07, 6.45) is 5.31. The Morgan fingerprint density at radius 3 is 2.76 bits per heavy atom. The van der Waals surface area contributed by atoms with Crippen LogP contribution >= 0.6 is 0 Å². The number of rotatable bonds is 9. The van der Waals surface area contributed by atoms with Crippen molar-refractivity contribution in [3.8, 4) is 12.1 Å². The zero-order chi connectivity index (χ0) is 29.1. The molecule has 9 nitrogen and oxygen atoms in total. The van der Waals surface area contributed by atoms with E-state index in [9.17, 15) is 10.1 Å². The molecule has 3 aliphatic rings. The second kappa shape index (κ2) is 12.0. The zero-order valence-corrected chi connectivity index (χ0v) is 24.4. The van der Waals surface area contributed by atoms with E-state index in [1.807, 2.05) is 13.0 Å². The topological polar surface area (TPSA) is 88.8 Å². The first-order valence-electron chi connectivity index (χ1n) is 14.5. The highest BCUT2D eigenvalue weighted by molar-refractivity contribution is 5.87. The molecule has 1 aliphatic carbocycles. The number of amides is 1. The Balaban J connectivity index is 1.49. The molecule has 218 valence electrons. The van der Waals surface area contributed by atoms with Crippen LogP contribution in [0, 0.1) is 29.5 Å². The first kappa shape index (κ1) is 28.8. The number of ether oxygens (including phenoxy) is 1. The van der Waals surface area contributed by atoms with E-state index in [0.717, 1.165) is 54.9 Å². The van der Waals surface area contributed by atoms with Gasteiger partial charge in [0, 0.05) is 43.7 Å². The number of piperazine rings is 1. The second-order valence-corrected chi connectivity index (χ2v) is 11.9. The highest BCUT2D eigenvalue weighted by Gasteiger charge is 2.44. The molecule has 0 N–H and O–H groups in total. The van der Waals surface area contributed by atoms with Crippen LogP contribution in [0.2, 0.25) is 0 Å². The molecular formula is C31H40FN7O2. The summed E-state index contributed by atoms with van der Waals surface area (Å²) in [4.78, 5) is 30.5. The van der Waals surface area contributed by atoms with Gasteiger partial charge in [0.15, 0.2) is 0 Å². The molecule has 10 heteroatoms. The van der Waals surface area contributed by atoms with Gasteiger partial charge in [0.25, 0.3) is 0 Å². The van der Waals surface area contributed by atoms with Crippen LogP contribution in [-0.2, 0) is 17.8 Å². The third kappa shape index (κ3) is 6.30. The summed E-state index contributed by atoms with van der Waals surface area (Å²) in [5, 5.41) is 9.50. The summed E-state index contributed by atoms with van der Waals surface area (Å²) in [6, 6.07) is 7.48. The van der Waals surface area contributed by atoms with Crippen molar-refractivity contribution in [1.29, 1.82) is 5.26 Å². The average molecular weight is 562 g/mol. The number of fused-ring (bicyclic) bond motifs is 1. The van der Waals surface area contributed by atoms with E-state index in [1.165, 1.54) is 12.1 Å². The molecule has 0 spiro atoms. The van der Waals surface area contributed by atoms with Crippen LogP contribution in [0.4, 0.5) is 15.9 Å². The Morgan fingerprint density at radius 1 is 1.27 bits per heavy atom. The van der Waals surface area contributed by atoms with Crippen molar-refractivity contribution in [3.05, 3.63) is 53.5 Å². The molecule has 2 fully saturated rings. The average Bonchev–Trinajstić information content (AvgIpc) is 3.73. The fourth-order valence-electron chi connectivity index (χ4n) is 6.28. The summed E-state index contributed by atoms with van der Waals surface area (Å²) >= 11 is 0. The molecule has 1 amide bonds. The van der Waals surface area contributed by atoms with Crippen LogP contribution in [0.3, 0.4) is 0 Å². The maximum Gasteiger partial charge on any atom is 0.318 e. The van der Waals surface area contributed by atoms with Gasteiger partial charge in [-0.3, -0.25) is 4.79 Å². The monoisotopic (exact) mass is 561 g/mol. The summed E-state index contributed by atoms with van der Waals surface area (Å²) < 4.78 is 21.3. The van der Waals surface area contributed by atoms with Gasteiger partial charge in [-0.25, -0.2) is 4.39 Å². The molecule has 1 aromatic carbocycles. The first-order valence-corrected chi connectivity index (χ1v) is 14.5. The number of hydrogen-bond donors (Lipinski definition) is 0. The molecule has 2 aromatic rings. The molecule has 1 aromatic heterocycles. The van der Waals surface area contributed by atoms with Gasteiger partial charge in [-0.1, -0.05) is 18.7 Å². The van der Waals surface area contributed by atoms with Crippen LogP contribution in [0.5, 0.6) is 6.01 Å². The molecule has 0 bridgehead atoms. The third-order valence-corrected chi connectivity index (χ3v) is 8.43. The van der Waals surface area contributed by atoms with E-state index in [-0.39, 0.29) is 29.6 Å². The number of benzene rings is 1. The Labute approximate surface area is 242 Å². The number of nitriles is 1. The van der Waals surface area contributed by atoms with Crippen LogP contribution in [-0.4, -0.2) is 85.1 Å². The maximum absolute atomic E-state index is 15.0. The van der Waals surface area contributed by atoms with Crippen molar-refractivity contribution < 1.29 is 13.9 Å². The molecule has 0 unspecified atom stereocenters. The van der Waals surface area contributed by atoms with Crippen molar-refractivity contribution in [2.75, 3.05) is 63.2 Å². The van der Waals surface area contributed by atoms with E-state index >= 15 is 4.39 Å². The third-order valence-electron chi connectivity index (χ3n) is 8.43. The van der Waals surface area contributed by atoms with Gasteiger partial charge in [-0.05, 0) is 64.4 Å². The molecule has 1 saturated carbocycles. The Bertz CT molecular complexity index is 1320. The van der Waals surface area contributed by atoms with E-state index in [4.69, 9.17) is 14.7 Å². The number of nitrogens with zero attached hydrogens (tertiary/aromatic N) is 7. The number of aryl methyl sites for hydroxylation is 1. The fourth-order valence-corrected chi connectivity index (χ4v) is 6.28. The number of hydrogen-bond acceptors (Lipinski definition) is 8. The van der Waals surface area contributed by atoms with E-state index in [2.05, 4.69) is 41.4 Å². The van der Waals surface area contributed by atoms with Gasteiger partial charge in [0.05, 0.1) is 43.1 Å². The van der Waals surface area contributed by atoms with E-state index in [1.54, 1.807) is 11.0 Å². The summed E-state index contributed by atoms with van der Waals surface area (Å²) in [5.41, 5.74) is 3.48. The zero-order valence-electron chi connectivity index (χ0n) is 24.4. The summed E-state index contributed by atoms with van der Waals surface area (Å²) in [7, 11) is 4.15. The first-order chi connectivity index (χ1) is 19.7. The van der Waals surface area contributed by atoms with Crippen LogP contribution in [0.15, 0.2) is 30.9 Å². The minimum absolute atomic E-state index is 0.116. The predicted molar refractivity (Wildman–Crippen MR) is 156 cm³/mol. The predicted octanol–water partition coefficient (Wildman–Crippen LogP) is 3.71. The molecule has 1 atom stereocenters. The van der Waals surface area contributed by atoms with Gasteiger partial charge in [-0.15, -0.1) is 0 Å². The van der Waals surface area contributed by atoms with Crippen LogP contribution in [0.25, 0.3) is 0 Å². The molecule has 41 heavy (non-hydrogen) atoms. The lowest BCUT2D eigenvalue weighted by molar-refractivity contribution is -0.128. The largest absolute Gasteiger partial charge is 0.463 e. The SMILES string of the molecule is C=CC(=O)N1CCN(c2nc(OCC3(CN(C)C)CC3)nc3c2CCCN(c2c(C)cccc2F)C3)C[C@@H]1CC#N. The second-order valence-electron chi connectivity index (χ2n) is 11.9. The van der Waals surface area contributed by atoms with Crippen LogP contribution < -0.4 is 14.5 Å². The fraction of sp³-hybridized carbons (Fsp3) is 0.548. The summed E-state index contributed by atoms with van der Waals surface area (Å²) in [6.45, 7) is 9.72. The Morgan fingerprint density at radius 2 is 2.07 bits per heavy atom. The minimum atomic E-state index is -0.271. The van der Waals surface area contributed by atoms with E-state index in [0.29, 0.717) is 51.0 Å². The number of aromatic nitrogens is 2. The van der Waals surface area contributed by atoms with Gasteiger partial charge in [-0.2, -0.15) is 15.2 Å². The maximum atomic E-state index is 15.0. The molecule has 2 aliphatic heterocycles. The van der Waals surface area contributed by atoms with Crippen molar-refractivity contribution in [2.24, 2.45) is 5.41 Å². The minimum Gasteiger partial charge on any atom is -0.463 e.